The molecule has 1 amide bonds. The third-order valence-electron chi connectivity index (χ3n) is 3.95. The summed E-state index contributed by atoms with van der Waals surface area (Å²) in [4.78, 5) is 15.6. The molecule has 33 heavy (non-hydrogen) atoms. The van der Waals surface area contributed by atoms with Gasteiger partial charge in [0.2, 0.25) is 0 Å². The van der Waals surface area contributed by atoms with Crippen LogP contribution in [0.1, 0.15) is 16.1 Å². The number of nitrogens with zero attached hydrogens (tertiary/aromatic N) is 2. The van der Waals surface area contributed by atoms with E-state index in [-0.39, 0.29) is 11.5 Å². The van der Waals surface area contributed by atoms with Crippen molar-refractivity contribution in [2.45, 2.75) is 17.4 Å². The van der Waals surface area contributed by atoms with Crippen molar-refractivity contribution in [1.82, 2.24) is 14.3 Å². The van der Waals surface area contributed by atoms with E-state index in [4.69, 9.17) is 11.6 Å². The molecule has 0 aliphatic rings. The van der Waals surface area contributed by atoms with Crippen molar-refractivity contribution < 1.29 is 44.3 Å². The van der Waals surface area contributed by atoms with Gasteiger partial charge in [0.25, 0.3) is 15.9 Å². The molecule has 0 aliphatic heterocycles. The highest BCUT2D eigenvalue weighted by Gasteiger charge is 2.33. The zero-order valence-electron chi connectivity index (χ0n) is 15.8. The minimum Gasteiger partial charge on any atom is -0.406 e. The van der Waals surface area contributed by atoms with E-state index in [2.05, 4.69) is 9.72 Å². The van der Waals surface area contributed by atoms with Crippen LogP contribution in [-0.2, 0) is 16.2 Å². The van der Waals surface area contributed by atoms with Crippen molar-refractivity contribution in [3.63, 3.8) is 0 Å². The Kier molecular flexibility index (Phi) is 6.35. The monoisotopic (exact) mass is 513 g/mol. The number of sulfonamides is 1. The van der Waals surface area contributed by atoms with Crippen molar-refractivity contribution in [3.05, 3.63) is 71.1 Å². The Morgan fingerprint density at radius 1 is 1.06 bits per heavy atom. The molecule has 2 heterocycles. The Hall–Kier alpha value is -3.26. The second-order valence-electron chi connectivity index (χ2n) is 6.24. The predicted octanol–water partition coefficient (Wildman–Crippen LogP) is 4.56. The molecular formula is C18H10ClF6N3O4S. The summed E-state index contributed by atoms with van der Waals surface area (Å²) in [6, 6.07) is 6.07. The summed E-state index contributed by atoms with van der Waals surface area (Å²) in [6.07, 6.45) is -7.98. The molecule has 176 valence electrons. The maximum atomic E-state index is 12.8. The number of carbonyl (C=O) groups excluding carboxylic acids is 1. The van der Waals surface area contributed by atoms with Crippen molar-refractivity contribution in [2.75, 3.05) is 0 Å². The van der Waals surface area contributed by atoms with E-state index in [1.54, 1.807) is 4.72 Å². The Balaban J connectivity index is 1.84. The summed E-state index contributed by atoms with van der Waals surface area (Å²) in [6.45, 7) is 0. The van der Waals surface area contributed by atoms with Crippen molar-refractivity contribution in [3.8, 4) is 11.6 Å². The first-order chi connectivity index (χ1) is 15.2. The second-order valence-corrected chi connectivity index (χ2v) is 8.33. The number of alkyl halides is 6. The van der Waals surface area contributed by atoms with E-state index in [1.165, 1.54) is 12.3 Å². The van der Waals surface area contributed by atoms with Crippen molar-refractivity contribution in [2.24, 2.45) is 0 Å². The minimum atomic E-state index is -4.98. The van der Waals surface area contributed by atoms with E-state index < -0.39 is 49.7 Å². The van der Waals surface area contributed by atoms with Crippen LogP contribution in [0, 0.1) is 0 Å². The maximum absolute atomic E-state index is 12.8. The predicted molar refractivity (Wildman–Crippen MR) is 101 cm³/mol. The lowest BCUT2D eigenvalue weighted by atomic mass is 10.2. The summed E-state index contributed by atoms with van der Waals surface area (Å²) in [5.41, 5.74) is -1.47. The number of pyridine rings is 1. The largest absolute Gasteiger partial charge is 0.573 e. The van der Waals surface area contributed by atoms with Crippen LogP contribution in [0.5, 0.6) is 5.75 Å². The Morgan fingerprint density at radius 3 is 2.24 bits per heavy atom. The molecule has 0 bridgehead atoms. The summed E-state index contributed by atoms with van der Waals surface area (Å²) in [5.74, 6) is -2.15. The summed E-state index contributed by atoms with van der Waals surface area (Å²) in [5, 5.41) is -0.460. The van der Waals surface area contributed by atoms with Crippen LogP contribution in [-0.4, -0.2) is 30.2 Å². The molecule has 1 aromatic carbocycles. The maximum Gasteiger partial charge on any atom is 0.573 e. The van der Waals surface area contributed by atoms with Gasteiger partial charge in [0, 0.05) is 12.4 Å². The normalized spacial score (nSPS) is 12.5. The lowest BCUT2D eigenvalue weighted by Crippen LogP contribution is -2.32. The number of hydrogen-bond donors (Lipinski definition) is 1. The summed E-state index contributed by atoms with van der Waals surface area (Å²) in [7, 11) is -4.53. The Labute approximate surface area is 186 Å². The zero-order valence-corrected chi connectivity index (χ0v) is 17.3. The molecule has 1 N–H and O–H groups in total. The molecule has 0 saturated heterocycles. The molecule has 15 heteroatoms. The van der Waals surface area contributed by atoms with E-state index in [0.29, 0.717) is 12.3 Å². The molecule has 0 saturated carbocycles. The highest BCUT2D eigenvalue weighted by atomic mass is 35.5. The quantitative estimate of drug-likeness (QED) is 0.505. The second kappa shape index (κ2) is 8.59. The third-order valence-corrected chi connectivity index (χ3v) is 5.58. The standard InChI is InChI=1S/C18H10ClF6N3O4S/c19-13-8-10(17(20,21)22)9-26-15(13)28-7-1-2-14(28)16(29)27-33(30,31)12-5-3-11(4-6-12)32-18(23,24)25/h1-9H,(H,27,29). The molecule has 0 spiro atoms. The fourth-order valence-corrected chi connectivity index (χ4v) is 3.79. The van der Waals surface area contributed by atoms with Gasteiger partial charge in [-0.2, -0.15) is 13.2 Å². The number of carbonyl (C=O) groups is 1. The van der Waals surface area contributed by atoms with Crippen LogP contribution in [0.2, 0.25) is 5.02 Å². The zero-order chi connectivity index (χ0) is 24.6. The van der Waals surface area contributed by atoms with Gasteiger partial charge in [0.05, 0.1) is 15.5 Å². The lowest BCUT2D eigenvalue weighted by molar-refractivity contribution is -0.274. The Bertz CT molecular complexity index is 1290. The van der Waals surface area contributed by atoms with Crippen LogP contribution in [0.3, 0.4) is 0 Å². The molecule has 3 aromatic rings. The van der Waals surface area contributed by atoms with Crippen LogP contribution in [0.25, 0.3) is 5.82 Å². The first-order valence-electron chi connectivity index (χ1n) is 8.51. The van der Waals surface area contributed by atoms with E-state index in [9.17, 15) is 39.6 Å². The number of hydrogen-bond acceptors (Lipinski definition) is 5. The van der Waals surface area contributed by atoms with Crippen LogP contribution < -0.4 is 9.46 Å². The summed E-state index contributed by atoms with van der Waals surface area (Å²) >= 11 is 5.87. The first kappa shape index (κ1) is 24.4. The smallest absolute Gasteiger partial charge is 0.406 e. The van der Waals surface area contributed by atoms with Crippen molar-refractivity contribution in [1.29, 1.82) is 0 Å². The van der Waals surface area contributed by atoms with Crippen molar-refractivity contribution >= 4 is 27.5 Å². The average molecular weight is 514 g/mol. The molecule has 0 aliphatic carbocycles. The number of nitrogens with one attached hydrogen (secondary N) is 1. The number of benzene rings is 1. The molecule has 0 atom stereocenters. The third kappa shape index (κ3) is 5.76. The molecule has 0 fully saturated rings. The van der Waals surface area contributed by atoms with Crippen LogP contribution in [0.4, 0.5) is 26.3 Å². The number of amides is 1. The molecule has 7 nitrogen and oxygen atoms in total. The van der Waals surface area contributed by atoms with Gasteiger partial charge in [-0.25, -0.2) is 18.1 Å². The van der Waals surface area contributed by atoms with Gasteiger partial charge >= 0.3 is 12.5 Å². The molecule has 3 rings (SSSR count). The average Bonchev–Trinajstić information content (AvgIpc) is 3.15. The number of halogens is 7. The Morgan fingerprint density at radius 2 is 1.70 bits per heavy atom. The van der Waals surface area contributed by atoms with Gasteiger partial charge in [-0.05, 0) is 42.5 Å². The fourth-order valence-electron chi connectivity index (χ4n) is 2.57. The lowest BCUT2D eigenvalue weighted by Gasteiger charge is -2.13. The number of rotatable bonds is 5. The van der Waals surface area contributed by atoms with E-state index in [0.717, 1.165) is 34.9 Å². The number of aromatic nitrogens is 2. The van der Waals surface area contributed by atoms with Crippen LogP contribution in [0.15, 0.2) is 59.8 Å². The molecule has 0 radical (unpaired) electrons. The molecular weight excluding hydrogens is 504 g/mol. The van der Waals surface area contributed by atoms with Gasteiger partial charge in [-0.15, -0.1) is 13.2 Å². The van der Waals surface area contributed by atoms with Gasteiger partial charge < -0.3 is 4.74 Å². The highest BCUT2D eigenvalue weighted by molar-refractivity contribution is 7.90. The minimum absolute atomic E-state index is 0.272. The molecule has 0 unspecified atom stereocenters. The number of ether oxygens (including phenoxy) is 1. The fraction of sp³-hybridized carbons (Fsp3) is 0.111. The van der Waals surface area contributed by atoms with Gasteiger partial charge in [0.1, 0.15) is 11.4 Å². The molecule has 2 aromatic heterocycles. The highest BCUT2D eigenvalue weighted by Crippen LogP contribution is 2.32. The van der Waals surface area contributed by atoms with Gasteiger partial charge in [-0.1, -0.05) is 11.6 Å². The summed E-state index contributed by atoms with van der Waals surface area (Å²) < 4.78 is 106. The van der Waals surface area contributed by atoms with E-state index in [1.807, 2.05) is 0 Å². The van der Waals surface area contributed by atoms with Crippen LogP contribution >= 0.6 is 11.6 Å². The topological polar surface area (TPSA) is 90.3 Å². The first-order valence-corrected chi connectivity index (χ1v) is 10.4. The van der Waals surface area contributed by atoms with E-state index >= 15 is 0 Å². The van der Waals surface area contributed by atoms with Gasteiger partial charge in [0.15, 0.2) is 5.82 Å². The SMILES string of the molecule is O=C(NS(=O)(=O)c1ccc(OC(F)(F)F)cc1)c1cccn1-c1ncc(C(F)(F)F)cc1Cl. The van der Waals surface area contributed by atoms with Gasteiger partial charge in [-0.3, -0.25) is 9.36 Å².